The normalized spacial score (nSPS) is 14.0. The molecular formula is C26H30N6O3. The Morgan fingerprint density at radius 3 is 2.74 bits per heavy atom. The van der Waals surface area contributed by atoms with Crippen LogP contribution in [-0.4, -0.2) is 48.0 Å². The zero-order valence-electron chi connectivity index (χ0n) is 21.0. The van der Waals surface area contributed by atoms with Gasteiger partial charge in [0.25, 0.3) is 5.89 Å². The van der Waals surface area contributed by atoms with E-state index in [2.05, 4.69) is 41.0 Å². The summed E-state index contributed by atoms with van der Waals surface area (Å²) in [6.07, 6.45) is 4.01. The quantitative estimate of drug-likeness (QED) is 0.396. The van der Waals surface area contributed by atoms with Crippen molar-refractivity contribution in [3.63, 3.8) is 0 Å². The van der Waals surface area contributed by atoms with Crippen LogP contribution < -0.4 is 0 Å². The third-order valence-electron chi connectivity index (χ3n) is 6.18. The highest BCUT2D eigenvalue weighted by Gasteiger charge is 2.27. The molecule has 0 unspecified atom stereocenters. The Kier molecular flexibility index (Phi) is 5.57. The molecule has 0 radical (unpaired) electrons. The van der Waals surface area contributed by atoms with Gasteiger partial charge in [-0.15, -0.1) is 0 Å². The molecule has 0 spiro atoms. The smallest absolute Gasteiger partial charge is 0.410 e. The fraction of sp³-hybridized carbons (Fsp3) is 0.423. The topological polar surface area (TPSA) is 99.2 Å². The lowest BCUT2D eigenvalue weighted by molar-refractivity contribution is 0.0224. The summed E-state index contributed by atoms with van der Waals surface area (Å²) in [5.41, 5.74) is 5.43. The number of carbonyl (C=O) groups is 1. The molecule has 0 atom stereocenters. The third-order valence-corrected chi connectivity index (χ3v) is 6.18. The monoisotopic (exact) mass is 474 g/mol. The van der Waals surface area contributed by atoms with Crippen molar-refractivity contribution in [1.82, 2.24) is 29.8 Å². The molecule has 9 heteroatoms. The zero-order chi connectivity index (χ0) is 24.9. The van der Waals surface area contributed by atoms with Gasteiger partial charge in [0.2, 0.25) is 5.82 Å². The Hall–Kier alpha value is -3.75. The summed E-state index contributed by atoms with van der Waals surface area (Å²) in [6, 6.07) is 6.23. The average Bonchev–Trinajstić information content (AvgIpc) is 3.45. The van der Waals surface area contributed by atoms with Crippen LogP contribution in [0.3, 0.4) is 0 Å². The van der Waals surface area contributed by atoms with Crippen molar-refractivity contribution in [3.05, 3.63) is 47.3 Å². The lowest BCUT2D eigenvalue weighted by atomic mass is 9.91. The summed E-state index contributed by atoms with van der Waals surface area (Å²) in [5.74, 6) is 0.952. The summed E-state index contributed by atoms with van der Waals surface area (Å²) in [6.45, 7) is 13.0. The molecule has 1 aliphatic heterocycles. The third kappa shape index (κ3) is 4.38. The van der Waals surface area contributed by atoms with E-state index in [1.54, 1.807) is 17.3 Å². The number of fused-ring (bicyclic) bond motifs is 2. The fourth-order valence-electron chi connectivity index (χ4n) is 4.45. The minimum absolute atomic E-state index is 0.226. The van der Waals surface area contributed by atoms with Crippen LogP contribution in [0, 0.1) is 6.92 Å². The van der Waals surface area contributed by atoms with E-state index in [1.807, 2.05) is 43.7 Å². The van der Waals surface area contributed by atoms with Crippen molar-refractivity contribution in [1.29, 1.82) is 0 Å². The van der Waals surface area contributed by atoms with Gasteiger partial charge in [-0.25, -0.2) is 14.5 Å². The molecule has 35 heavy (non-hydrogen) atoms. The largest absolute Gasteiger partial charge is 0.444 e. The molecule has 1 amide bonds. The highest BCUT2D eigenvalue weighted by Crippen LogP contribution is 2.32. The van der Waals surface area contributed by atoms with Gasteiger partial charge in [0.1, 0.15) is 5.60 Å². The fourth-order valence-corrected chi connectivity index (χ4v) is 4.45. The maximum atomic E-state index is 12.5. The highest BCUT2D eigenvalue weighted by atomic mass is 16.6. The summed E-state index contributed by atoms with van der Waals surface area (Å²) in [7, 11) is 0. The first-order chi connectivity index (χ1) is 16.6. The molecule has 3 aromatic heterocycles. The molecule has 0 fully saturated rings. The number of ether oxygens (including phenoxy) is 1. The van der Waals surface area contributed by atoms with E-state index in [0.29, 0.717) is 24.8 Å². The number of hydrogen-bond acceptors (Lipinski definition) is 7. The summed E-state index contributed by atoms with van der Waals surface area (Å²) in [5, 5.41) is 9.60. The van der Waals surface area contributed by atoms with Crippen LogP contribution in [0.15, 0.2) is 35.1 Å². The van der Waals surface area contributed by atoms with Gasteiger partial charge in [0.05, 0.1) is 11.8 Å². The van der Waals surface area contributed by atoms with Crippen LogP contribution in [0.1, 0.15) is 57.4 Å². The van der Waals surface area contributed by atoms with E-state index < -0.39 is 5.60 Å². The van der Waals surface area contributed by atoms with Gasteiger partial charge in [-0.3, -0.25) is 0 Å². The Morgan fingerprint density at radius 1 is 1.20 bits per heavy atom. The Balaban J connectivity index is 1.39. The molecule has 0 saturated carbocycles. The van der Waals surface area contributed by atoms with E-state index in [9.17, 15) is 4.79 Å². The predicted octanol–water partition coefficient (Wildman–Crippen LogP) is 5.33. The second-order valence-electron chi connectivity index (χ2n) is 10.3. The Morgan fingerprint density at radius 2 is 2.00 bits per heavy atom. The molecule has 1 aliphatic rings. The summed E-state index contributed by atoms with van der Waals surface area (Å²) >= 11 is 0. The van der Waals surface area contributed by atoms with Gasteiger partial charge >= 0.3 is 6.09 Å². The number of amides is 1. The van der Waals surface area contributed by atoms with Crippen molar-refractivity contribution in [2.45, 2.75) is 66.2 Å². The molecule has 0 bridgehead atoms. The zero-order valence-corrected chi connectivity index (χ0v) is 21.0. The highest BCUT2D eigenvalue weighted by molar-refractivity contribution is 5.79. The molecule has 182 valence electrons. The second kappa shape index (κ2) is 8.48. The van der Waals surface area contributed by atoms with Gasteiger partial charge in [-0.1, -0.05) is 17.3 Å². The molecule has 5 rings (SSSR count). The Labute approximate surface area is 204 Å². The van der Waals surface area contributed by atoms with E-state index >= 15 is 0 Å². The molecule has 4 heterocycles. The first-order valence-electron chi connectivity index (χ1n) is 11.9. The first-order valence-corrected chi connectivity index (χ1v) is 11.9. The maximum Gasteiger partial charge on any atom is 0.410 e. The molecule has 9 nitrogen and oxygen atoms in total. The van der Waals surface area contributed by atoms with Gasteiger partial charge in [0.15, 0.2) is 5.65 Å². The molecule has 1 aromatic carbocycles. The maximum absolute atomic E-state index is 12.5. The Bertz CT molecular complexity index is 1410. The van der Waals surface area contributed by atoms with Crippen LogP contribution in [0.4, 0.5) is 4.79 Å². The average molecular weight is 475 g/mol. The standard InChI is InChI=1S/C26H30N6O3/c1-15(2)32-23-18(13-28-32)11-19(12-27-23)24-29-22(30-35-24)21-8-7-17-14-31(10-9-20(17)16(21)3)25(33)34-26(4,5)6/h7-8,11-13,15H,9-10,14H2,1-6H3. The minimum atomic E-state index is -0.511. The number of aromatic nitrogens is 5. The number of pyridine rings is 1. The van der Waals surface area contributed by atoms with E-state index in [4.69, 9.17) is 9.26 Å². The lowest BCUT2D eigenvalue weighted by Crippen LogP contribution is -2.40. The lowest BCUT2D eigenvalue weighted by Gasteiger charge is -2.32. The van der Waals surface area contributed by atoms with Gasteiger partial charge in [0, 0.05) is 36.3 Å². The first kappa shape index (κ1) is 23.0. The molecular weight excluding hydrogens is 444 g/mol. The van der Waals surface area contributed by atoms with Crippen molar-refractivity contribution < 1.29 is 14.1 Å². The summed E-state index contributed by atoms with van der Waals surface area (Å²) in [4.78, 5) is 23.5. The van der Waals surface area contributed by atoms with E-state index in [1.165, 1.54) is 5.56 Å². The van der Waals surface area contributed by atoms with E-state index in [-0.39, 0.29) is 12.1 Å². The number of benzene rings is 1. The molecule has 0 saturated heterocycles. The predicted molar refractivity (Wildman–Crippen MR) is 132 cm³/mol. The van der Waals surface area contributed by atoms with E-state index in [0.717, 1.165) is 39.7 Å². The van der Waals surface area contributed by atoms with Crippen molar-refractivity contribution in [2.24, 2.45) is 0 Å². The minimum Gasteiger partial charge on any atom is -0.444 e. The SMILES string of the molecule is Cc1c(-c2noc(-c3cnc4c(cnn4C(C)C)c3)n2)ccc2c1CCN(C(=O)OC(C)(C)C)C2. The number of hydrogen-bond donors (Lipinski definition) is 0. The van der Waals surface area contributed by atoms with Crippen LogP contribution in [0.2, 0.25) is 0 Å². The van der Waals surface area contributed by atoms with Crippen LogP contribution in [-0.2, 0) is 17.7 Å². The van der Waals surface area contributed by atoms with Gasteiger partial charge < -0.3 is 14.2 Å². The van der Waals surface area contributed by atoms with Crippen molar-refractivity contribution in [2.75, 3.05) is 6.54 Å². The van der Waals surface area contributed by atoms with Crippen molar-refractivity contribution >= 4 is 17.1 Å². The van der Waals surface area contributed by atoms with Crippen LogP contribution in [0.25, 0.3) is 33.9 Å². The van der Waals surface area contributed by atoms with Crippen LogP contribution >= 0.6 is 0 Å². The van der Waals surface area contributed by atoms with Crippen molar-refractivity contribution in [3.8, 4) is 22.8 Å². The molecule has 0 aliphatic carbocycles. The summed E-state index contributed by atoms with van der Waals surface area (Å²) < 4.78 is 13.0. The number of rotatable bonds is 3. The van der Waals surface area contributed by atoms with Gasteiger partial charge in [-0.05, 0) is 70.7 Å². The van der Waals surface area contributed by atoms with Gasteiger partial charge in [-0.2, -0.15) is 10.1 Å². The molecule has 4 aromatic rings. The number of carbonyl (C=O) groups excluding carboxylic acids is 1. The van der Waals surface area contributed by atoms with Crippen LogP contribution in [0.5, 0.6) is 0 Å². The molecule has 0 N–H and O–H groups in total. The number of nitrogens with zero attached hydrogens (tertiary/aromatic N) is 6. The second-order valence-corrected chi connectivity index (χ2v) is 10.3.